The van der Waals surface area contributed by atoms with Gasteiger partial charge in [0, 0.05) is 5.57 Å². The molecule has 0 spiro atoms. The van der Waals surface area contributed by atoms with E-state index in [1.165, 1.54) is 7.11 Å². The summed E-state index contributed by atoms with van der Waals surface area (Å²) < 4.78 is 4.37. The Kier molecular flexibility index (Phi) is 4.80. The Labute approximate surface area is 77.2 Å². The highest BCUT2D eigenvalue weighted by molar-refractivity contribution is 5.92. The SMILES string of the molecule is COC(=O)C/C(=C/C(C)C)C(=O)O. The number of carbonyl (C=O) groups excluding carboxylic acids is 1. The molecule has 0 unspecified atom stereocenters. The average Bonchev–Trinajstić information content (AvgIpc) is 2.02. The molecular formula is C9H14O4. The number of allylic oxidation sites excluding steroid dienone is 1. The van der Waals surface area contributed by atoms with E-state index in [-0.39, 0.29) is 17.9 Å². The molecule has 0 aliphatic carbocycles. The lowest BCUT2D eigenvalue weighted by atomic mass is 10.1. The van der Waals surface area contributed by atoms with Gasteiger partial charge in [-0.05, 0) is 5.92 Å². The van der Waals surface area contributed by atoms with Crippen molar-refractivity contribution >= 4 is 11.9 Å². The summed E-state index contributed by atoms with van der Waals surface area (Å²) in [4.78, 5) is 21.4. The molecule has 0 atom stereocenters. The van der Waals surface area contributed by atoms with E-state index in [1.54, 1.807) is 6.08 Å². The second kappa shape index (κ2) is 5.35. The Bertz CT molecular complexity index is 228. The molecule has 0 aliphatic heterocycles. The van der Waals surface area contributed by atoms with Crippen LogP contribution < -0.4 is 0 Å². The summed E-state index contributed by atoms with van der Waals surface area (Å²) in [7, 11) is 1.23. The van der Waals surface area contributed by atoms with Crippen LogP contribution in [0.2, 0.25) is 0 Å². The van der Waals surface area contributed by atoms with Crippen molar-refractivity contribution in [1.29, 1.82) is 0 Å². The fourth-order valence-corrected chi connectivity index (χ4v) is 0.836. The highest BCUT2D eigenvalue weighted by Crippen LogP contribution is 2.07. The van der Waals surface area contributed by atoms with Gasteiger partial charge in [-0.15, -0.1) is 0 Å². The summed E-state index contributed by atoms with van der Waals surface area (Å²) in [5, 5.41) is 8.69. The lowest BCUT2D eigenvalue weighted by molar-refractivity contribution is -0.142. The van der Waals surface area contributed by atoms with E-state index >= 15 is 0 Å². The molecule has 0 fully saturated rings. The molecular weight excluding hydrogens is 172 g/mol. The fourth-order valence-electron chi connectivity index (χ4n) is 0.836. The zero-order valence-corrected chi connectivity index (χ0v) is 8.03. The van der Waals surface area contributed by atoms with E-state index in [4.69, 9.17) is 5.11 Å². The van der Waals surface area contributed by atoms with Crippen molar-refractivity contribution in [3.8, 4) is 0 Å². The fraction of sp³-hybridized carbons (Fsp3) is 0.556. The van der Waals surface area contributed by atoms with Crippen LogP contribution in [-0.2, 0) is 14.3 Å². The minimum atomic E-state index is -1.07. The van der Waals surface area contributed by atoms with E-state index in [0.717, 1.165) is 0 Å². The zero-order valence-electron chi connectivity index (χ0n) is 8.03. The maximum atomic E-state index is 10.8. The number of carbonyl (C=O) groups is 2. The summed E-state index contributed by atoms with van der Waals surface area (Å²) in [6.07, 6.45) is 1.36. The summed E-state index contributed by atoms with van der Waals surface area (Å²) >= 11 is 0. The highest BCUT2D eigenvalue weighted by Gasteiger charge is 2.12. The molecule has 0 saturated heterocycles. The Morgan fingerprint density at radius 2 is 2.00 bits per heavy atom. The number of rotatable bonds is 4. The van der Waals surface area contributed by atoms with E-state index in [2.05, 4.69) is 4.74 Å². The normalized spacial score (nSPS) is 11.5. The molecule has 1 N–H and O–H groups in total. The van der Waals surface area contributed by atoms with Crippen LogP contribution in [0.1, 0.15) is 20.3 Å². The highest BCUT2D eigenvalue weighted by atomic mass is 16.5. The van der Waals surface area contributed by atoms with Gasteiger partial charge in [0.15, 0.2) is 0 Å². The number of aliphatic carboxylic acids is 1. The van der Waals surface area contributed by atoms with Crippen molar-refractivity contribution in [3.63, 3.8) is 0 Å². The zero-order chi connectivity index (χ0) is 10.4. The van der Waals surface area contributed by atoms with E-state index in [0.29, 0.717) is 0 Å². The molecule has 0 aromatic heterocycles. The quantitative estimate of drug-likeness (QED) is 0.529. The predicted octanol–water partition coefficient (Wildman–Crippen LogP) is 1.22. The summed E-state index contributed by atoms with van der Waals surface area (Å²) in [6.45, 7) is 3.69. The smallest absolute Gasteiger partial charge is 0.331 e. The second-order valence-electron chi connectivity index (χ2n) is 2.99. The first kappa shape index (κ1) is 11.7. The summed E-state index contributed by atoms with van der Waals surface area (Å²) in [5.74, 6) is -1.50. The van der Waals surface area contributed by atoms with Crippen molar-refractivity contribution < 1.29 is 19.4 Å². The molecule has 0 heterocycles. The van der Waals surface area contributed by atoms with Gasteiger partial charge in [0.1, 0.15) is 0 Å². The number of carboxylic acids is 1. The van der Waals surface area contributed by atoms with Crippen LogP contribution >= 0.6 is 0 Å². The lowest BCUT2D eigenvalue weighted by Crippen LogP contribution is -2.09. The van der Waals surface area contributed by atoms with Crippen molar-refractivity contribution in [2.45, 2.75) is 20.3 Å². The Balaban J connectivity index is 4.45. The van der Waals surface area contributed by atoms with Gasteiger partial charge in [0.05, 0.1) is 13.5 Å². The van der Waals surface area contributed by atoms with Gasteiger partial charge >= 0.3 is 11.9 Å². The minimum Gasteiger partial charge on any atom is -0.478 e. The molecule has 4 nitrogen and oxygen atoms in total. The molecule has 4 heteroatoms. The molecule has 0 radical (unpaired) electrons. The standard InChI is InChI=1S/C9H14O4/c1-6(2)4-7(9(11)12)5-8(10)13-3/h4,6H,5H2,1-3H3,(H,11,12)/b7-4-. The van der Waals surface area contributed by atoms with Gasteiger partial charge in [-0.3, -0.25) is 4.79 Å². The summed E-state index contributed by atoms with van der Waals surface area (Å²) in [5.41, 5.74) is 0.0850. The lowest BCUT2D eigenvalue weighted by Gasteiger charge is -2.02. The van der Waals surface area contributed by atoms with Crippen molar-refractivity contribution in [3.05, 3.63) is 11.6 Å². The van der Waals surface area contributed by atoms with Gasteiger partial charge in [-0.2, -0.15) is 0 Å². The Hall–Kier alpha value is -1.32. The predicted molar refractivity (Wildman–Crippen MR) is 47.2 cm³/mol. The van der Waals surface area contributed by atoms with Crippen molar-refractivity contribution in [2.75, 3.05) is 7.11 Å². The Morgan fingerprint density at radius 1 is 1.46 bits per heavy atom. The van der Waals surface area contributed by atoms with E-state index in [9.17, 15) is 9.59 Å². The molecule has 0 saturated carbocycles. The maximum Gasteiger partial charge on any atom is 0.331 e. The van der Waals surface area contributed by atoms with Crippen molar-refractivity contribution in [2.24, 2.45) is 5.92 Å². The largest absolute Gasteiger partial charge is 0.478 e. The second-order valence-corrected chi connectivity index (χ2v) is 2.99. The van der Waals surface area contributed by atoms with Crippen LogP contribution in [0.4, 0.5) is 0 Å². The third-order valence-corrected chi connectivity index (χ3v) is 1.37. The maximum absolute atomic E-state index is 10.8. The first-order valence-electron chi connectivity index (χ1n) is 3.98. The van der Waals surface area contributed by atoms with E-state index < -0.39 is 11.9 Å². The molecule has 0 aliphatic rings. The number of esters is 1. The molecule has 74 valence electrons. The summed E-state index contributed by atoms with van der Waals surface area (Å²) in [6, 6.07) is 0. The number of hydrogen-bond acceptors (Lipinski definition) is 3. The molecule has 0 amide bonds. The Morgan fingerprint density at radius 3 is 2.31 bits per heavy atom. The van der Waals surface area contributed by atoms with Crippen LogP contribution in [0, 0.1) is 5.92 Å². The number of hydrogen-bond donors (Lipinski definition) is 1. The third kappa shape index (κ3) is 5.00. The molecule has 0 rings (SSSR count). The van der Waals surface area contributed by atoms with Crippen LogP contribution in [-0.4, -0.2) is 24.2 Å². The number of ether oxygens (including phenoxy) is 1. The van der Waals surface area contributed by atoms with Crippen LogP contribution in [0.15, 0.2) is 11.6 Å². The van der Waals surface area contributed by atoms with Crippen LogP contribution in [0.25, 0.3) is 0 Å². The van der Waals surface area contributed by atoms with Crippen LogP contribution in [0.5, 0.6) is 0 Å². The van der Waals surface area contributed by atoms with Gasteiger partial charge in [0.25, 0.3) is 0 Å². The van der Waals surface area contributed by atoms with Crippen molar-refractivity contribution in [1.82, 2.24) is 0 Å². The first-order valence-corrected chi connectivity index (χ1v) is 3.98. The molecule has 13 heavy (non-hydrogen) atoms. The monoisotopic (exact) mass is 186 g/mol. The molecule has 0 bridgehead atoms. The molecule has 0 aromatic rings. The number of carboxylic acid groups (broad SMARTS) is 1. The van der Waals surface area contributed by atoms with Crippen LogP contribution in [0.3, 0.4) is 0 Å². The topological polar surface area (TPSA) is 63.6 Å². The van der Waals surface area contributed by atoms with Gasteiger partial charge in [0.2, 0.25) is 0 Å². The average molecular weight is 186 g/mol. The molecule has 0 aromatic carbocycles. The third-order valence-electron chi connectivity index (χ3n) is 1.37. The van der Waals surface area contributed by atoms with Gasteiger partial charge < -0.3 is 9.84 Å². The minimum absolute atomic E-state index is 0.0850. The first-order chi connectivity index (χ1) is 5.97. The van der Waals surface area contributed by atoms with Gasteiger partial charge in [-0.25, -0.2) is 4.79 Å². The van der Waals surface area contributed by atoms with E-state index in [1.807, 2.05) is 13.8 Å². The number of methoxy groups -OCH3 is 1. The van der Waals surface area contributed by atoms with Gasteiger partial charge in [-0.1, -0.05) is 19.9 Å².